The smallest absolute Gasteiger partial charge is 0.152 e. The van der Waals surface area contributed by atoms with Gasteiger partial charge in [-0.1, -0.05) is 18.2 Å². The van der Waals surface area contributed by atoms with Crippen LogP contribution in [-0.4, -0.2) is 16.9 Å². The summed E-state index contributed by atoms with van der Waals surface area (Å²) in [6, 6.07) is 19.5. The van der Waals surface area contributed by atoms with Crippen molar-refractivity contribution in [3.8, 4) is 17.5 Å². The van der Waals surface area contributed by atoms with Gasteiger partial charge in [0.05, 0.1) is 18.5 Å². The van der Waals surface area contributed by atoms with Gasteiger partial charge in [0.1, 0.15) is 17.4 Å². The van der Waals surface area contributed by atoms with Crippen molar-refractivity contribution in [3.05, 3.63) is 65.9 Å². The third-order valence-corrected chi connectivity index (χ3v) is 3.53. The van der Waals surface area contributed by atoms with Crippen LogP contribution in [0.5, 0.6) is 5.75 Å². The highest BCUT2D eigenvalue weighted by molar-refractivity contribution is 5.67. The number of aryl methyl sites for hydroxylation is 1. The molecule has 114 valence electrons. The van der Waals surface area contributed by atoms with Crippen molar-refractivity contribution >= 4 is 11.5 Å². The fraction of sp³-hybridized carbons (Fsp3) is 0.111. The summed E-state index contributed by atoms with van der Waals surface area (Å²) >= 11 is 0. The third-order valence-electron chi connectivity index (χ3n) is 3.53. The highest BCUT2D eigenvalue weighted by Gasteiger charge is 2.16. The topological polar surface area (TPSA) is 62.9 Å². The van der Waals surface area contributed by atoms with E-state index in [1.165, 1.54) is 0 Å². The number of anilines is 2. The Bertz CT molecular complexity index is 845. The van der Waals surface area contributed by atoms with E-state index in [2.05, 4.69) is 16.5 Å². The molecule has 2 aromatic carbocycles. The van der Waals surface area contributed by atoms with Crippen LogP contribution in [0.1, 0.15) is 11.3 Å². The molecule has 3 aromatic rings. The van der Waals surface area contributed by atoms with Crippen molar-refractivity contribution in [2.45, 2.75) is 6.92 Å². The molecule has 0 fully saturated rings. The maximum Gasteiger partial charge on any atom is 0.152 e. The molecule has 5 heteroatoms. The summed E-state index contributed by atoms with van der Waals surface area (Å²) in [4.78, 5) is 0. The summed E-state index contributed by atoms with van der Waals surface area (Å²) in [6.07, 6.45) is 0. The lowest BCUT2D eigenvalue weighted by atomic mass is 10.2. The van der Waals surface area contributed by atoms with Crippen molar-refractivity contribution in [2.75, 3.05) is 12.4 Å². The molecule has 0 amide bonds. The molecule has 0 aliphatic carbocycles. The van der Waals surface area contributed by atoms with Gasteiger partial charge in [-0.05, 0) is 43.3 Å². The van der Waals surface area contributed by atoms with Crippen LogP contribution in [0.2, 0.25) is 0 Å². The molecule has 0 saturated carbocycles. The number of rotatable bonds is 4. The monoisotopic (exact) mass is 304 g/mol. The van der Waals surface area contributed by atoms with Crippen LogP contribution in [0.25, 0.3) is 5.69 Å². The molecular weight excluding hydrogens is 288 g/mol. The Morgan fingerprint density at radius 2 is 1.78 bits per heavy atom. The Balaban J connectivity index is 2.04. The largest absolute Gasteiger partial charge is 0.497 e. The number of ether oxygens (including phenoxy) is 1. The maximum absolute atomic E-state index is 9.46. The second-order valence-electron chi connectivity index (χ2n) is 5.02. The number of methoxy groups -OCH3 is 1. The number of hydrogen-bond acceptors (Lipinski definition) is 4. The van der Waals surface area contributed by atoms with Crippen LogP contribution >= 0.6 is 0 Å². The predicted molar refractivity (Wildman–Crippen MR) is 89.3 cm³/mol. The maximum atomic E-state index is 9.46. The van der Waals surface area contributed by atoms with Gasteiger partial charge in [0.25, 0.3) is 0 Å². The first-order chi connectivity index (χ1) is 11.2. The van der Waals surface area contributed by atoms with Crippen LogP contribution in [-0.2, 0) is 0 Å². The molecule has 0 spiro atoms. The van der Waals surface area contributed by atoms with E-state index in [9.17, 15) is 5.26 Å². The zero-order valence-corrected chi connectivity index (χ0v) is 12.9. The van der Waals surface area contributed by atoms with Crippen molar-refractivity contribution in [1.82, 2.24) is 9.78 Å². The Kier molecular flexibility index (Phi) is 3.98. The highest BCUT2D eigenvalue weighted by atomic mass is 16.5. The average Bonchev–Trinajstić information content (AvgIpc) is 2.92. The molecule has 0 saturated heterocycles. The first-order valence-corrected chi connectivity index (χ1v) is 7.19. The van der Waals surface area contributed by atoms with E-state index in [0.717, 1.165) is 17.1 Å². The summed E-state index contributed by atoms with van der Waals surface area (Å²) in [5.41, 5.74) is 2.98. The van der Waals surface area contributed by atoms with Gasteiger partial charge in [-0.3, -0.25) is 0 Å². The predicted octanol–water partition coefficient (Wildman–Crippen LogP) is 3.80. The molecular formula is C18H16N4O. The molecule has 5 nitrogen and oxygen atoms in total. The Hall–Kier alpha value is -3.26. The number of aromatic nitrogens is 2. The molecule has 0 radical (unpaired) electrons. The number of nitrogens with one attached hydrogen (secondary N) is 1. The van der Waals surface area contributed by atoms with Gasteiger partial charge in [0.15, 0.2) is 5.82 Å². The first kappa shape index (κ1) is 14.7. The zero-order chi connectivity index (χ0) is 16.2. The minimum absolute atomic E-state index is 0.532. The molecule has 1 aromatic heterocycles. The van der Waals surface area contributed by atoms with Gasteiger partial charge in [-0.15, -0.1) is 0 Å². The zero-order valence-electron chi connectivity index (χ0n) is 12.9. The minimum atomic E-state index is 0.532. The SMILES string of the molecule is COc1ccc(Nc2c(C#N)c(C)nn2-c2ccccc2)cc1. The Morgan fingerprint density at radius 3 is 2.39 bits per heavy atom. The van der Waals surface area contributed by atoms with Crippen molar-refractivity contribution in [1.29, 1.82) is 5.26 Å². The lowest BCUT2D eigenvalue weighted by molar-refractivity contribution is 0.415. The van der Waals surface area contributed by atoms with Crippen LogP contribution < -0.4 is 10.1 Å². The third kappa shape index (κ3) is 2.87. The molecule has 23 heavy (non-hydrogen) atoms. The molecule has 0 aliphatic rings. The summed E-state index contributed by atoms with van der Waals surface area (Å²) in [7, 11) is 1.63. The molecule has 0 bridgehead atoms. The van der Waals surface area contributed by atoms with E-state index >= 15 is 0 Å². The summed E-state index contributed by atoms with van der Waals surface area (Å²) in [6.45, 7) is 1.83. The van der Waals surface area contributed by atoms with Crippen LogP contribution in [0.4, 0.5) is 11.5 Å². The quantitative estimate of drug-likeness (QED) is 0.796. The molecule has 0 aliphatic heterocycles. The Labute approximate surface area is 134 Å². The standard InChI is InChI=1S/C18H16N4O/c1-13-17(12-19)18(20-14-8-10-16(23-2)11-9-14)22(21-13)15-6-4-3-5-7-15/h3-11,20H,1-2H3. The molecule has 1 heterocycles. The highest BCUT2D eigenvalue weighted by Crippen LogP contribution is 2.27. The Morgan fingerprint density at radius 1 is 1.09 bits per heavy atom. The van der Waals surface area contributed by atoms with Gasteiger partial charge in [-0.2, -0.15) is 10.4 Å². The number of nitriles is 1. The number of benzene rings is 2. The number of nitrogens with zero attached hydrogens (tertiary/aromatic N) is 3. The van der Waals surface area contributed by atoms with E-state index < -0.39 is 0 Å². The molecule has 0 atom stereocenters. The summed E-state index contributed by atoms with van der Waals surface area (Å²) in [5, 5.41) is 17.2. The van der Waals surface area contributed by atoms with E-state index in [1.807, 2.05) is 61.5 Å². The number of hydrogen-bond donors (Lipinski definition) is 1. The average molecular weight is 304 g/mol. The fourth-order valence-electron chi connectivity index (χ4n) is 2.34. The molecule has 1 N–H and O–H groups in total. The van der Waals surface area contributed by atoms with Gasteiger partial charge in [0.2, 0.25) is 0 Å². The van der Waals surface area contributed by atoms with E-state index in [4.69, 9.17) is 4.74 Å². The fourth-order valence-corrected chi connectivity index (χ4v) is 2.34. The van der Waals surface area contributed by atoms with Crippen molar-refractivity contribution in [2.24, 2.45) is 0 Å². The lowest BCUT2D eigenvalue weighted by Crippen LogP contribution is -2.03. The molecule has 3 rings (SSSR count). The normalized spacial score (nSPS) is 10.1. The van der Waals surface area contributed by atoms with Gasteiger partial charge < -0.3 is 10.1 Å². The first-order valence-electron chi connectivity index (χ1n) is 7.19. The molecule has 0 unspecified atom stereocenters. The summed E-state index contributed by atoms with van der Waals surface area (Å²) < 4.78 is 6.91. The van der Waals surface area contributed by atoms with Gasteiger partial charge >= 0.3 is 0 Å². The van der Waals surface area contributed by atoms with Crippen LogP contribution in [0.3, 0.4) is 0 Å². The van der Waals surface area contributed by atoms with E-state index in [0.29, 0.717) is 17.1 Å². The van der Waals surface area contributed by atoms with Crippen LogP contribution in [0.15, 0.2) is 54.6 Å². The van der Waals surface area contributed by atoms with E-state index in [1.54, 1.807) is 11.8 Å². The second-order valence-corrected chi connectivity index (χ2v) is 5.02. The van der Waals surface area contributed by atoms with Crippen molar-refractivity contribution in [3.63, 3.8) is 0 Å². The van der Waals surface area contributed by atoms with E-state index in [-0.39, 0.29) is 0 Å². The van der Waals surface area contributed by atoms with Crippen LogP contribution in [0, 0.1) is 18.3 Å². The number of para-hydroxylation sites is 1. The lowest BCUT2D eigenvalue weighted by Gasteiger charge is -2.11. The van der Waals surface area contributed by atoms with Crippen molar-refractivity contribution < 1.29 is 4.74 Å². The summed E-state index contributed by atoms with van der Waals surface area (Å²) in [5.74, 6) is 1.44. The second kappa shape index (κ2) is 6.24. The van der Waals surface area contributed by atoms with Gasteiger partial charge in [0, 0.05) is 5.69 Å². The van der Waals surface area contributed by atoms with Gasteiger partial charge in [-0.25, -0.2) is 4.68 Å². The minimum Gasteiger partial charge on any atom is -0.497 e.